The number of hydrogen-bond acceptors (Lipinski definition) is 5. The molecule has 0 spiro atoms. The molecule has 22 heavy (non-hydrogen) atoms. The molecular formula is C14H20N2O5S. The Hall–Kier alpha value is -1.93. The van der Waals surface area contributed by atoms with E-state index in [4.69, 9.17) is 10.5 Å². The first-order chi connectivity index (χ1) is 10.1. The Balaban J connectivity index is 2.62. The summed E-state index contributed by atoms with van der Waals surface area (Å²) in [5.41, 5.74) is 6.40. The molecule has 0 aliphatic heterocycles. The fourth-order valence-corrected chi connectivity index (χ4v) is 3.04. The zero-order valence-corrected chi connectivity index (χ0v) is 13.6. The second kappa shape index (κ2) is 7.37. The van der Waals surface area contributed by atoms with E-state index in [1.54, 1.807) is 26.0 Å². The van der Waals surface area contributed by atoms with E-state index in [1.807, 2.05) is 6.07 Å². The Bertz CT molecular complexity index is 670. The summed E-state index contributed by atoms with van der Waals surface area (Å²) in [4.78, 5) is 22.4. The number of nitrogens with two attached hydrogens (primary N) is 1. The number of esters is 1. The smallest absolute Gasteiger partial charge is 0.307 e. The summed E-state index contributed by atoms with van der Waals surface area (Å²) >= 11 is 0. The third-order valence-electron chi connectivity index (χ3n) is 2.96. The van der Waals surface area contributed by atoms with Crippen molar-refractivity contribution in [3.05, 3.63) is 29.3 Å². The first-order valence-electron chi connectivity index (χ1n) is 6.69. The van der Waals surface area contributed by atoms with E-state index in [-0.39, 0.29) is 17.9 Å². The summed E-state index contributed by atoms with van der Waals surface area (Å²) < 4.78 is 31.4. The molecule has 0 heterocycles. The molecule has 1 rings (SSSR count). The highest BCUT2D eigenvalue weighted by atomic mass is 32.2. The number of hydrogen-bond donors (Lipinski definition) is 2. The van der Waals surface area contributed by atoms with Gasteiger partial charge in [0.15, 0.2) is 6.10 Å². The molecule has 0 saturated carbocycles. The number of primary amides is 1. The maximum absolute atomic E-state index is 12.2. The summed E-state index contributed by atoms with van der Waals surface area (Å²) in [6.07, 6.45) is -1.23. The summed E-state index contributed by atoms with van der Waals surface area (Å²) in [6.45, 7) is 4.71. The Labute approximate surface area is 129 Å². The van der Waals surface area contributed by atoms with Crippen molar-refractivity contribution < 1.29 is 22.7 Å². The minimum Gasteiger partial charge on any atom is -0.453 e. The van der Waals surface area contributed by atoms with E-state index in [0.717, 1.165) is 5.56 Å². The topological polar surface area (TPSA) is 116 Å². The Morgan fingerprint density at radius 2 is 1.95 bits per heavy atom. The van der Waals surface area contributed by atoms with Gasteiger partial charge >= 0.3 is 5.97 Å². The van der Waals surface area contributed by atoms with Crippen LogP contribution in [0.1, 0.15) is 24.5 Å². The molecule has 0 fully saturated rings. The van der Waals surface area contributed by atoms with Crippen molar-refractivity contribution in [3.8, 4) is 0 Å². The fourth-order valence-electron chi connectivity index (χ4n) is 1.68. The van der Waals surface area contributed by atoms with Gasteiger partial charge in [0.2, 0.25) is 10.0 Å². The number of aryl methyl sites for hydroxylation is 2. The van der Waals surface area contributed by atoms with Gasteiger partial charge < -0.3 is 10.5 Å². The molecule has 8 heteroatoms. The molecular weight excluding hydrogens is 308 g/mol. The molecule has 0 saturated heterocycles. The van der Waals surface area contributed by atoms with E-state index in [2.05, 4.69) is 4.72 Å². The van der Waals surface area contributed by atoms with Crippen LogP contribution in [0.15, 0.2) is 23.1 Å². The highest BCUT2D eigenvalue weighted by molar-refractivity contribution is 7.89. The van der Waals surface area contributed by atoms with Gasteiger partial charge in [0.05, 0.1) is 11.3 Å². The standard InChI is InChI=1S/C14H20N2O5S/c1-9-4-5-10(2)12(8-9)22(19,20)16-7-6-13(17)21-11(3)14(15)18/h4-5,8,11,16H,6-7H2,1-3H3,(H2,15,18)/t11-/m0/s1. The molecule has 1 aromatic carbocycles. The summed E-state index contributed by atoms with van der Waals surface area (Å²) in [5, 5.41) is 0. The summed E-state index contributed by atoms with van der Waals surface area (Å²) in [6, 6.07) is 5.09. The lowest BCUT2D eigenvalue weighted by Crippen LogP contribution is -2.32. The van der Waals surface area contributed by atoms with Crippen molar-refractivity contribution in [1.29, 1.82) is 0 Å². The number of rotatable bonds is 7. The number of ether oxygens (including phenoxy) is 1. The second-order valence-corrected chi connectivity index (χ2v) is 6.69. The molecule has 0 aliphatic rings. The van der Waals surface area contributed by atoms with Gasteiger partial charge in [0.1, 0.15) is 0 Å². The number of amides is 1. The number of nitrogens with one attached hydrogen (secondary N) is 1. The van der Waals surface area contributed by atoms with Gasteiger partial charge in [-0.2, -0.15) is 0 Å². The van der Waals surface area contributed by atoms with E-state index < -0.39 is 28.0 Å². The molecule has 0 aromatic heterocycles. The predicted octanol–water partition coefficient (Wildman–Crippen LogP) is 0.389. The van der Waals surface area contributed by atoms with E-state index in [9.17, 15) is 18.0 Å². The van der Waals surface area contributed by atoms with Crippen molar-refractivity contribution in [2.45, 2.75) is 38.2 Å². The van der Waals surface area contributed by atoms with Crippen LogP contribution in [0.4, 0.5) is 0 Å². The normalized spacial score (nSPS) is 12.7. The van der Waals surface area contributed by atoms with Gasteiger partial charge in [-0.1, -0.05) is 12.1 Å². The first-order valence-corrected chi connectivity index (χ1v) is 8.17. The fraction of sp³-hybridized carbons (Fsp3) is 0.429. The molecule has 0 aliphatic carbocycles. The van der Waals surface area contributed by atoms with Crippen LogP contribution in [0.2, 0.25) is 0 Å². The quantitative estimate of drug-likeness (QED) is 0.702. The predicted molar refractivity (Wildman–Crippen MR) is 80.5 cm³/mol. The van der Waals surface area contributed by atoms with Gasteiger partial charge in [-0.05, 0) is 38.0 Å². The van der Waals surface area contributed by atoms with E-state index in [0.29, 0.717) is 5.56 Å². The maximum atomic E-state index is 12.2. The molecule has 7 nitrogen and oxygen atoms in total. The Kier molecular flexibility index (Phi) is 6.07. The van der Waals surface area contributed by atoms with Crippen LogP contribution in [0.3, 0.4) is 0 Å². The largest absolute Gasteiger partial charge is 0.453 e. The van der Waals surface area contributed by atoms with Crippen molar-refractivity contribution in [2.75, 3.05) is 6.54 Å². The Morgan fingerprint density at radius 1 is 1.32 bits per heavy atom. The van der Waals surface area contributed by atoms with Crippen molar-refractivity contribution in [2.24, 2.45) is 5.73 Å². The van der Waals surface area contributed by atoms with Crippen LogP contribution in [0.25, 0.3) is 0 Å². The van der Waals surface area contributed by atoms with E-state index in [1.165, 1.54) is 6.92 Å². The van der Waals surface area contributed by atoms with Crippen LogP contribution in [-0.2, 0) is 24.3 Å². The average molecular weight is 328 g/mol. The van der Waals surface area contributed by atoms with E-state index >= 15 is 0 Å². The summed E-state index contributed by atoms with van der Waals surface area (Å²) in [5.74, 6) is -1.46. The van der Waals surface area contributed by atoms with Gasteiger partial charge in [-0.15, -0.1) is 0 Å². The van der Waals surface area contributed by atoms with Gasteiger partial charge in [-0.25, -0.2) is 13.1 Å². The zero-order chi connectivity index (χ0) is 16.9. The van der Waals surface area contributed by atoms with Crippen LogP contribution in [0, 0.1) is 13.8 Å². The number of sulfonamides is 1. The molecule has 0 bridgehead atoms. The molecule has 3 N–H and O–H groups in total. The maximum Gasteiger partial charge on any atom is 0.307 e. The van der Waals surface area contributed by atoms with Crippen LogP contribution in [0.5, 0.6) is 0 Å². The first kappa shape index (κ1) is 18.1. The van der Waals surface area contributed by atoms with Crippen molar-refractivity contribution in [3.63, 3.8) is 0 Å². The van der Waals surface area contributed by atoms with Gasteiger partial charge in [0.25, 0.3) is 5.91 Å². The average Bonchev–Trinajstić information content (AvgIpc) is 2.40. The third kappa shape index (κ3) is 5.12. The number of carbonyl (C=O) groups is 2. The number of carbonyl (C=O) groups excluding carboxylic acids is 2. The Morgan fingerprint density at radius 3 is 2.55 bits per heavy atom. The number of benzene rings is 1. The summed E-state index contributed by atoms with van der Waals surface area (Å²) in [7, 11) is -3.70. The lowest BCUT2D eigenvalue weighted by atomic mass is 10.2. The molecule has 0 radical (unpaired) electrons. The van der Waals surface area contributed by atoms with Crippen LogP contribution < -0.4 is 10.5 Å². The minimum atomic E-state index is -3.70. The SMILES string of the molecule is Cc1ccc(C)c(S(=O)(=O)NCCC(=O)O[C@@H](C)C(N)=O)c1. The molecule has 1 amide bonds. The molecule has 1 atom stereocenters. The van der Waals surface area contributed by atoms with Gasteiger partial charge in [-0.3, -0.25) is 9.59 Å². The van der Waals surface area contributed by atoms with Gasteiger partial charge in [0, 0.05) is 6.54 Å². The molecule has 0 unspecified atom stereocenters. The monoisotopic (exact) mass is 328 g/mol. The second-order valence-electron chi connectivity index (χ2n) is 4.95. The lowest BCUT2D eigenvalue weighted by molar-refractivity contribution is -0.153. The molecule has 1 aromatic rings. The molecule has 122 valence electrons. The minimum absolute atomic E-state index is 0.125. The van der Waals surface area contributed by atoms with Crippen LogP contribution in [-0.4, -0.2) is 32.9 Å². The third-order valence-corrected chi connectivity index (χ3v) is 4.57. The van der Waals surface area contributed by atoms with Crippen LogP contribution >= 0.6 is 0 Å². The highest BCUT2D eigenvalue weighted by Gasteiger charge is 2.18. The highest BCUT2D eigenvalue weighted by Crippen LogP contribution is 2.16. The lowest BCUT2D eigenvalue weighted by Gasteiger charge is -2.11. The zero-order valence-electron chi connectivity index (χ0n) is 12.8. The van der Waals surface area contributed by atoms with Crippen molar-refractivity contribution >= 4 is 21.9 Å². The van der Waals surface area contributed by atoms with Crippen molar-refractivity contribution in [1.82, 2.24) is 4.72 Å².